The Morgan fingerprint density at radius 3 is 2.35 bits per heavy atom. The molecule has 3 nitrogen and oxygen atoms in total. The smallest absolute Gasteiger partial charge is 0.255 e. The van der Waals surface area contributed by atoms with Gasteiger partial charge in [0.25, 0.3) is 5.56 Å². The van der Waals surface area contributed by atoms with Crippen LogP contribution in [-0.4, -0.2) is 4.57 Å². The van der Waals surface area contributed by atoms with Gasteiger partial charge in [0.2, 0.25) is 0 Å². The summed E-state index contributed by atoms with van der Waals surface area (Å²) in [7, 11) is 0. The van der Waals surface area contributed by atoms with E-state index in [1.165, 1.54) is 0 Å². The van der Waals surface area contributed by atoms with Crippen molar-refractivity contribution < 1.29 is 0 Å². The van der Waals surface area contributed by atoms with Crippen molar-refractivity contribution in [2.45, 2.75) is 59.0 Å². The lowest BCUT2D eigenvalue weighted by Gasteiger charge is -2.22. The Kier molecular flexibility index (Phi) is 4.15. The quantitative estimate of drug-likeness (QED) is 0.873. The van der Waals surface area contributed by atoms with Crippen LogP contribution < -0.4 is 11.3 Å². The molecule has 0 bridgehead atoms. The maximum Gasteiger partial charge on any atom is 0.255 e. The predicted octanol–water partition coefficient (Wildman–Crippen LogP) is 2.58. The van der Waals surface area contributed by atoms with E-state index in [0.717, 1.165) is 18.7 Å². The van der Waals surface area contributed by atoms with Crippen LogP contribution in [-0.2, 0) is 12.1 Å². The van der Waals surface area contributed by atoms with Gasteiger partial charge in [0.05, 0.1) is 0 Å². The SMILES string of the molecule is CCCn1c(C(C)C)ccc(C(C)(C)N)c1=O. The fraction of sp³-hybridized carbons (Fsp3) is 0.643. The van der Waals surface area contributed by atoms with Gasteiger partial charge in [-0.2, -0.15) is 0 Å². The van der Waals surface area contributed by atoms with Gasteiger partial charge in [0.1, 0.15) is 0 Å². The first-order valence-electron chi connectivity index (χ1n) is 6.32. The average Bonchev–Trinajstić information content (AvgIpc) is 2.18. The summed E-state index contributed by atoms with van der Waals surface area (Å²) in [6.07, 6.45) is 0.952. The molecule has 1 rings (SSSR count). The second-order valence-corrected chi connectivity index (χ2v) is 5.51. The largest absolute Gasteiger partial charge is 0.322 e. The molecule has 0 aromatic carbocycles. The molecule has 0 atom stereocenters. The summed E-state index contributed by atoms with van der Waals surface area (Å²) in [6.45, 7) is 10.8. The molecule has 2 N–H and O–H groups in total. The summed E-state index contributed by atoms with van der Waals surface area (Å²) in [4.78, 5) is 12.4. The minimum Gasteiger partial charge on any atom is -0.322 e. The molecule has 0 aliphatic heterocycles. The third-order valence-corrected chi connectivity index (χ3v) is 2.94. The molecular weight excluding hydrogens is 212 g/mol. The van der Waals surface area contributed by atoms with Crippen LogP contribution in [0.3, 0.4) is 0 Å². The van der Waals surface area contributed by atoms with Crippen LogP contribution >= 0.6 is 0 Å². The number of hydrogen-bond donors (Lipinski definition) is 1. The highest BCUT2D eigenvalue weighted by atomic mass is 16.1. The molecule has 3 heteroatoms. The van der Waals surface area contributed by atoms with Gasteiger partial charge in [-0.25, -0.2) is 0 Å². The van der Waals surface area contributed by atoms with Gasteiger partial charge < -0.3 is 10.3 Å². The van der Waals surface area contributed by atoms with E-state index in [-0.39, 0.29) is 5.56 Å². The molecule has 0 aliphatic carbocycles. The van der Waals surface area contributed by atoms with Crippen LogP contribution in [0.4, 0.5) is 0 Å². The fourth-order valence-electron chi connectivity index (χ4n) is 2.04. The maximum absolute atomic E-state index is 12.4. The lowest BCUT2D eigenvalue weighted by molar-refractivity contribution is 0.519. The van der Waals surface area contributed by atoms with Crippen molar-refractivity contribution in [1.82, 2.24) is 4.57 Å². The molecule has 1 heterocycles. The summed E-state index contributed by atoms with van der Waals surface area (Å²) in [5, 5.41) is 0. The summed E-state index contributed by atoms with van der Waals surface area (Å²) >= 11 is 0. The van der Waals surface area contributed by atoms with E-state index in [0.29, 0.717) is 11.5 Å². The minimum atomic E-state index is -0.581. The molecule has 0 radical (unpaired) electrons. The highest BCUT2D eigenvalue weighted by Crippen LogP contribution is 2.18. The zero-order valence-electron chi connectivity index (χ0n) is 11.6. The highest BCUT2D eigenvalue weighted by Gasteiger charge is 2.20. The van der Waals surface area contributed by atoms with Crippen LogP contribution in [0.1, 0.15) is 58.2 Å². The Morgan fingerprint density at radius 2 is 1.94 bits per heavy atom. The second kappa shape index (κ2) is 5.05. The van der Waals surface area contributed by atoms with Crippen molar-refractivity contribution in [3.05, 3.63) is 33.7 Å². The third kappa shape index (κ3) is 2.97. The lowest BCUT2D eigenvalue weighted by atomic mass is 9.95. The summed E-state index contributed by atoms with van der Waals surface area (Å²) in [5.74, 6) is 0.351. The molecule has 17 heavy (non-hydrogen) atoms. The molecule has 1 aromatic heterocycles. The van der Waals surface area contributed by atoms with Crippen LogP contribution in [0.2, 0.25) is 0 Å². The van der Waals surface area contributed by atoms with Crippen LogP contribution in [0.5, 0.6) is 0 Å². The third-order valence-electron chi connectivity index (χ3n) is 2.94. The highest BCUT2D eigenvalue weighted by molar-refractivity contribution is 5.23. The van der Waals surface area contributed by atoms with E-state index in [1.807, 2.05) is 30.5 Å². The molecule has 0 amide bonds. The first kappa shape index (κ1) is 14.0. The standard InChI is InChI=1S/C14H24N2O/c1-6-9-16-12(10(2)3)8-7-11(13(16)17)14(4,5)15/h7-8,10H,6,9,15H2,1-5H3. The first-order chi connectivity index (χ1) is 7.79. The number of rotatable bonds is 4. The van der Waals surface area contributed by atoms with Crippen LogP contribution in [0.25, 0.3) is 0 Å². The lowest BCUT2D eigenvalue weighted by Crippen LogP contribution is -2.39. The van der Waals surface area contributed by atoms with Crippen molar-refractivity contribution >= 4 is 0 Å². The number of aromatic nitrogens is 1. The molecule has 0 unspecified atom stereocenters. The van der Waals surface area contributed by atoms with E-state index in [4.69, 9.17) is 5.73 Å². The Balaban J connectivity index is 3.44. The van der Waals surface area contributed by atoms with Crippen LogP contribution in [0, 0.1) is 0 Å². The Hall–Kier alpha value is -1.09. The maximum atomic E-state index is 12.4. The topological polar surface area (TPSA) is 48.0 Å². The number of hydrogen-bond acceptors (Lipinski definition) is 2. The number of nitrogens with zero attached hydrogens (tertiary/aromatic N) is 1. The van der Waals surface area contributed by atoms with Crippen LogP contribution in [0.15, 0.2) is 16.9 Å². The van der Waals surface area contributed by atoms with Crippen molar-refractivity contribution in [3.63, 3.8) is 0 Å². The number of pyridine rings is 1. The molecule has 0 saturated heterocycles. The Morgan fingerprint density at radius 1 is 1.35 bits per heavy atom. The van der Waals surface area contributed by atoms with E-state index in [2.05, 4.69) is 20.8 Å². The van der Waals surface area contributed by atoms with Gasteiger partial charge in [-0.1, -0.05) is 20.8 Å². The Labute approximate surface area is 104 Å². The fourth-order valence-corrected chi connectivity index (χ4v) is 2.04. The molecule has 0 aliphatic rings. The monoisotopic (exact) mass is 236 g/mol. The zero-order valence-corrected chi connectivity index (χ0v) is 11.6. The predicted molar refractivity (Wildman–Crippen MR) is 72.3 cm³/mol. The Bertz CT molecular complexity index is 439. The normalized spacial score (nSPS) is 12.2. The second-order valence-electron chi connectivity index (χ2n) is 5.51. The van der Waals surface area contributed by atoms with Gasteiger partial charge in [0, 0.05) is 23.3 Å². The summed E-state index contributed by atoms with van der Waals surface area (Å²) in [6, 6.07) is 3.91. The molecule has 1 aromatic rings. The van der Waals surface area contributed by atoms with Gasteiger partial charge in [-0.15, -0.1) is 0 Å². The molecule has 0 saturated carbocycles. The van der Waals surface area contributed by atoms with Gasteiger partial charge in [-0.3, -0.25) is 4.79 Å². The van der Waals surface area contributed by atoms with Crippen molar-refractivity contribution in [2.24, 2.45) is 5.73 Å². The van der Waals surface area contributed by atoms with E-state index in [1.54, 1.807) is 0 Å². The molecule has 0 spiro atoms. The first-order valence-corrected chi connectivity index (χ1v) is 6.32. The molecule has 96 valence electrons. The molecule has 0 fully saturated rings. The average molecular weight is 236 g/mol. The number of nitrogens with two attached hydrogens (primary N) is 1. The van der Waals surface area contributed by atoms with E-state index >= 15 is 0 Å². The van der Waals surface area contributed by atoms with Gasteiger partial charge >= 0.3 is 0 Å². The zero-order chi connectivity index (χ0) is 13.2. The van der Waals surface area contributed by atoms with E-state index in [9.17, 15) is 4.79 Å². The minimum absolute atomic E-state index is 0.0607. The molecular formula is C14H24N2O. The van der Waals surface area contributed by atoms with Gasteiger partial charge in [0.15, 0.2) is 0 Å². The van der Waals surface area contributed by atoms with Gasteiger partial charge in [-0.05, 0) is 38.3 Å². The van der Waals surface area contributed by atoms with E-state index < -0.39 is 5.54 Å². The van der Waals surface area contributed by atoms with Crippen molar-refractivity contribution in [3.8, 4) is 0 Å². The summed E-state index contributed by atoms with van der Waals surface area (Å²) in [5.41, 5.74) is 7.29. The van der Waals surface area contributed by atoms with Crippen molar-refractivity contribution in [1.29, 1.82) is 0 Å². The summed E-state index contributed by atoms with van der Waals surface area (Å²) < 4.78 is 1.87. The van der Waals surface area contributed by atoms with Crippen molar-refractivity contribution in [2.75, 3.05) is 0 Å².